The molecule has 1 unspecified atom stereocenters. The highest BCUT2D eigenvalue weighted by Crippen LogP contribution is 2.50. The summed E-state index contributed by atoms with van der Waals surface area (Å²) in [6.45, 7) is 1.10. The number of hydrogen-bond acceptors (Lipinski definition) is 5. The highest BCUT2D eigenvalue weighted by molar-refractivity contribution is 6.35. The zero-order valence-corrected chi connectivity index (χ0v) is 20.9. The van der Waals surface area contributed by atoms with Crippen molar-refractivity contribution in [1.82, 2.24) is 14.7 Å². The summed E-state index contributed by atoms with van der Waals surface area (Å²) in [7, 11) is 0. The largest absolute Gasteiger partial charge is 0.435 e. The van der Waals surface area contributed by atoms with Gasteiger partial charge < -0.3 is 14.5 Å². The summed E-state index contributed by atoms with van der Waals surface area (Å²) < 4.78 is 64.4. The maximum atomic E-state index is 14.3. The monoisotopic (exact) mass is 568 g/mol. The molecule has 3 aliphatic rings. The summed E-state index contributed by atoms with van der Waals surface area (Å²) >= 11 is 11.6. The van der Waals surface area contributed by atoms with E-state index in [2.05, 4.69) is 10.3 Å². The van der Waals surface area contributed by atoms with Crippen molar-refractivity contribution >= 4 is 34.8 Å². The minimum absolute atomic E-state index is 0.0623. The first-order chi connectivity index (χ1) is 18.0. The first kappa shape index (κ1) is 25.1. The molecule has 0 saturated carbocycles. The Bertz CT molecular complexity index is 1450. The molecule has 4 heterocycles. The Morgan fingerprint density at radius 1 is 1.13 bits per heavy atom. The molecule has 1 saturated heterocycles. The number of likely N-dealkylation sites (tertiary alicyclic amines) is 1. The van der Waals surface area contributed by atoms with Crippen LogP contribution in [0.2, 0.25) is 10.0 Å². The van der Waals surface area contributed by atoms with Gasteiger partial charge in [0, 0.05) is 24.4 Å². The van der Waals surface area contributed by atoms with E-state index in [9.17, 15) is 22.4 Å². The van der Waals surface area contributed by atoms with E-state index in [1.54, 1.807) is 46.2 Å². The van der Waals surface area contributed by atoms with Gasteiger partial charge in [-0.25, -0.2) is 4.39 Å². The Hall–Kier alpha value is -3.15. The number of alkyl halides is 3. The van der Waals surface area contributed by atoms with Crippen LogP contribution in [0.3, 0.4) is 0 Å². The van der Waals surface area contributed by atoms with Crippen LogP contribution < -0.4 is 0 Å². The molecule has 6 rings (SSSR count). The topological polar surface area (TPSA) is 69.0 Å². The zero-order valence-electron chi connectivity index (χ0n) is 19.4. The highest BCUT2D eigenvalue weighted by atomic mass is 35.5. The molecule has 1 aromatic heterocycles. The van der Waals surface area contributed by atoms with Gasteiger partial charge in [0.2, 0.25) is 5.91 Å². The van der Waals surface area contributed by atoms with Crippen LogP contribution in [-0.4, -0.2) is 45.6 Å². The second kappa shape index (κ2) is 8.69. The molecule has 2 aromatic carbocycles. The third-order valence-corrected chi connectivity index (χ3v) is 7.72. The van der Waals surface area contributed by atoms with E-state index < -0.39 is 45.2 Å². The molecule has 1 amide bonds. The second-order valence-electron chi connectivity index (χ2n) is 9.49. The van der Waals surface area contributed by atoms with Crippen LogP contribution in [0.5, 0.6) is 0 Å². The highest BCUT2D eigenvalue weighted by Gasteiger charge is 2.62. The molecular weight excluding hydrogens is 551 g/mol. The van der Waals surface area contributed by atoms with E-state index in [0.29, 0.717) is 18.7 Å². The molecule has 0 N–H and O–H groups in total. The van der Waals surface area contributed by atoms with E-state index >= 15 is 0 Å². The van der Waals surface area contributed by atoms with E-state index in [1.807, 2.05) is 0 Å². The molecular formula is C25H18Cl2F4N4O3. The number of hydrogen-bond donors (Lipinski definition) is 0. The van der Waals surface area contributed by atoms with E-state index in [1.165, 1.54) is 0 Å². The molecule has 3 aliphatic heterocycles. The number of ether oxygens (including phenoxy) is 1. The van der Waals surface area contributed by atoms with Crippen LogP contribution in [0, 0.1) is 5.82 Å². The summed E-state index contributed by atoms with van der Waals surface area (Å²) in [5.41, 5.74) is -1.81. The third kappa shape index (κ3) is 3.87. The first-order valence-corrected chi connectivity index (χ1v) is 12.3. The summed E-state index contributed by atoms with van der Waals surface area (Å²) in [5.74, 6) is -1.10. The van der Waals surface area contributed by atoms with Gasteiger partial charge in [-0.05, 0) is 41.0 Å². The number of oxime groups is 1. The molecule has 198 valence electrons. The minimum Gasteiger partial charge on any atom is -0.374 e. The van der Waals surface area contributed by atoms with Gasteiger partial charge in [0.1, 0.15) is 12.1 Å². The molecule has 3 aromatic rings. The molecule has 0 radical (unpaired) electrons. The summed E-state index contributed by atoms with van der Waals surface area (Å²) in [6, 6.07) is 8.60. The Balaban J connectivity index is 1.22. The van der Waals surface area contributed by atoms with Crippen LogP contribution in [0.4, 0.5) is 17.6 Å². The third-order valence-electron chi connectivity index (χ3n) is 7.17. The van der Waals surface area contributed by atoms with E-state index in [0.717, 1.165) is 23.3 Å². The lowest BCUT2D eigenvalue weighted by Crippen LogP contribution is -2.61. The fourth-order valence-corrected chi connectivity index (χ4v) is 5.61. The van der Waals surface area contributed by atoms with Crippen LogP contribution in [0.1, 0.15) is 28.7 Å². The lowest BCUT2D eigenvalue weighted by Gasteiger charge is -2.47. The molecule has 1 fully saturated rings. The minimum atomic E-state index is -4.90. The molecule has 1 spiro atoms. The quantitative estimate of drug-likeness (QED) is 0.321. The lowest BCUT2D eigenvalue weighted by molar-refractivity contribution is -0.275. The maximum absolute atomic E-state index is 14.3. The Morgan fingerprint density at radius 3 is 2.53 bits per heavy atom. The average molecular weight is 569 g/mol. The fourth-order valence-electron chi connectivity index (χ4n) is 5.12. The summed E-state index contributed by atoms with van der Waals surface area (Å²) in [5, 5.41) is 6.71. The Morgan fingerprint density at radius 2 is 1.87 bits per heavy atom. The number of aromatic nitrogens is 2. The summed E-state index contributed by atoms with van der Waals surface area (Å²) in [4.78, 5) is 19.2. The molecule has 0 bridgehead atoms. The van der Waals surface area contributed by atoms with Crippen molar-refractivity contribution in [3.05, 3.63) is 86.9 Å². The number of carbonyl (C=O) groups excluding carboxylic acids is 1. The predicted molar refractivity (Wildman–Crippen MR) is 128 cm³/mol. The van der Waals surface area contributed by atoms with Crippen molar-refractivity contribution in [3.63, 3.8) is 0 Å². The Labute approximate surface area is 223 Å². The number of benzene rings is 2. The van der Waals surface area contributed by atoms with Crippen molar-refractivity contribution in [2.45, 2.75) is 37.0 Å². The van der Waals surface area contributed by atoms with Gasteiger partial charge in [-0.1, -0.05) is 40.5 Å². The molecule has 38 heavy (non-hydrogen) atoms. The summed E-state index contributed by atoms with van der Waals surface area (Å²) in [6.07, 6.45) is -2.25. The first-order valence-electron chi connectivity index (χ1n) is 11.5. The number of amides is 1. The molecule has 0 aliphatic carbocycles. The zero-order chi connectivity index (χ0) is 26.9. The number of fused-ring (bicyclic) bond motifs is 2. The fraction of sp³-hybridized carbons (Fsp3) is 0.320. The van der Waals surface area contributed by atoms with Crippen LogP contribution in [0.25, 0.3) is 0 Å². The van der Waals surface area contributed by atoms with Crippen molar-refractivity contribution in [2.75, 3.05) is 13.1 Å². The van der Waals surface area contributed by atoms with Gasteiger partial charge in [0.15, 0.2) is 5.82 Å². The van der Waals surface area contributed by atoms with Crippen molar-refractivity contribution in [2.24, 2.45) is 5.16 Å². The van der Waals surface area contributed by atoms with Gasteiger partial charge in [0.25, 0.3) is 5.60 Å². The Kier molecular flexibility index (Phi) is 5.75. The number of rotatable bonds is 4. The number of carbonyl (C=O) groups is 1. The van der Waals surface area contributed by atoms with E-state index in [4.69, 9.17) is 32.8 Å². The molecule has 1 atom stereocenters. The van der Waals surface area contributed by atoms with Crippen molar-refractivity contribution in [1.29, 1.82) is 0 Å². The predicted octanol–water partition coefficient (Wildman–Crippen LogP) is 5.18. The van der Waals surface area contributed by atoms with Gasteiger partial charge in [0.05, 0.1) is 35.5 Å². The van der Waals surface area contributed by atoms with Crippen molar-refractivity contribution < 1.29 is 31.9 Å². The number of halogens is 6. The standard InChI is InChI=1S/C25H18Cl2F4N4O3/c26-18-7-16(8-19(27)22(18)28)24(25(29,30)31)9-20(33-38-24)14-2-3-17-15(6-14)11-37-23(17)12-34(13-23)21(36)10-35-5-1-4-32-35/h1-8H,9-13H2. The second-order valence-corrected chi connectivity index (χ2v) is 10.3. The van der Waals surface area contributed by atoms with Crippen LogP contribution >= 0.6 is 23.2 Å². The van der Waals surface area contributed by atoms with Crippen LogP contribution in [0.15, 0.2) is 53.9 Å². The molecule has 13 heteroatoms. The maximum Gasteiger partial charge on any atom is 0.435 e. The normalized spacial score (nSPS) is 21.7. The van der Waals surface area contributed by atoms with Gasteiger partial charge >= 0.3 is 6.18 Å². The van der Waals surface area contributed by atoms with Gasteiger partial charge in [-0.2, -0.15) is 18.3 Å². The number of nitrogens with zero attached hydrogens (tertiary/aromatic N) is 4. The molecule has 7 nitrogen and oxygen atoms in total. The van der Waals surface area contributed by atoms with Gasteiger partial charge in [-0.15, -0.1) is 0 Å². The van der Waals surface area contributed by atoms with E-state index in [-0.39, 0.29) is 24.8 Å². The smallest absolute Gasteiger partial charge is 0.374 e. The van der Waals surface area contributed by atoms with Gasteiger partial charge in [-0.3, -0.25) is 9.48 Å². The van der Waals surface area contributed by atoms with Crippen LogP contribution in [-0.2, 0) is 38.7 Å². The lowest BCUT2D eigenvalue weighted by atomic mass is 9.83. The van der Waals surface area contributed by atoms with Crippen molar-refractivity contribution in [3.8, 4) is 0 Å². The SMILES string of the molecule is O=C(Cn1cccn1)N1CC2(C1)OCc1cc(C3=NOC(c4cc(Cl)c(F)c(Cl)c4)(C(F)(F)F)C3)ccc12. The average Bonchev–Trinajstić information content (AvgIpc) is 3.59.